The highest BCUT2D eigenvalue weighted by molar-refractivity contribution is 5.86. The normalized spacial score (nSPS) is 10.2. The Morgan fingerprint density at radius 3 is 2.95 bits per heavy atom. The first-order valence-electron chi connectivity index (χ1n) is 5.77. The number of rotatable bonds is 4. The van der Waals surface area contributed by atoms with Crippen LogP contribution in [0.5, 0.6) is 11.8 Å². The summed E-state index contributed by atoms with van der Waals surface area (Å²) in [6, 6.07) is 5.37. The van der Waals surface area contributed by atoms with Crippen molar-refractivity contribution in [3.05, 3.63) is 35.7 Å². The Morgan fingerprint density at radius 1 is 1.47 bits per heavy atom. The molecule has 100 valence electrons. The summed E-state index contributed by atoms with van der Waals surface area (Å²) in [5.41, 5.74) is 7.17. The van der Waals surface area contributed by atoms with Crippen molar-refractivity contribution in [2.75, 3.05) is 12.3 Å². The zero-order valence-corrected chi connectivity index (χ0v) is 10.7. The molecule has 0 aliphatic carbocycles. The number of esters is 1. The molecule has 1 aromatic heterocycles. The van der Waals surface area contributed by atoms with Crippen molar-refractivity contribution in [1.82, 2.24) is 4.98 Å². The van der Waals surface area contributed by atoms with Gasteiger partial charge in [0.15, 0.2) is 11.4 Å². The largest absolute Gasteiger partial charge is 0.461 e. The zero-order chi connectivity index (χ0) is 13.8. The van der Waals surface area contributed by atoms with Crippen LogP contribution in [0.4, 0.5) is 5.69 Å². The fraction of sp³-hybridized carbons (Fsp3) is 0.231. The van der Waals surface area contributed by atoms with E-state index >= 15 is 0 Å². The molecule has 1 heterocycles. The molecule has 0 atom stereocenters. The summed E-state index contributed by atoms with van der Waals surface area (Å²) in [6.45, 7) is 3.83. The quantitative estimate of drug-likeness (QED) is 0.673. The Kier molecular flexibility index (Phi) is 3.70. The molecule has 6 heteroatoms. The molecule has 0 fully saturated rings. The monoisotopic (exact) mass is 262 g/mol. The first-order chi connectivity index (χ1) is 9.11. The van der Waals surface area contributed by atoms with Gasteiger partial charge in [0.05, 0.1) is 12.3 Å². The second-order valence-corrected chi connectivity index (χ2v) is 3.81. The van der Waals surface area contributed by atoms with E-state index in [0.717, 1.165) is 5.56 Å². The van der Waals surface area contributed by atoms with Crippen molar-refractivity contribution in [2.24, 2.45) is 0 Å². The number of hydrogen-bond donors (Lipinski definition) is 1. The van der Waals surface area contributed by atoms with E-state index in [2.05, 4.69) is 4.98 Å². The molecular formula is C13H14N2O4. The summed E-state index contributed by atoms with van der Waals surface area (Å²) in [7, 11) is 0. The predicted molar refractivity (Wildman–Crippen MR) is 68.1 cm³/mol. The Labute approximate surface area is 110 Å². The van der Waals surface area contributed by atoms with Crippen LogP contribution < -0.4 is 10.5 Å². The van der Waals surface area contributed by atoms with Crippen molar-refractivity contribution in [2.45, 2.75) is 13.8 Å². The molecule has 0 aliphatic heterocycles. The molecule has 1 aromatic carbocycles. The molecule has 2 rings (SSSR count). The Balaban J connectivity index is 2.18. The lowest BCUT2D eigenvalue weighted by molar-refractivity contribution is 0.0519. The molecule has 0 radical (unpaired) electrons. The van der Waals surface area contributed by atoms with Gasteiger partial charge >= 0.3 is 12.0 Å². The van der Waals surface area contributed by atoms with Crippen LogP contribution >= 0.6 is 0 Å². The van der Waals surface area contributed by atoms with Crippen LogP contribution in [-0.2, 0) is 4.74 Å². The van der Waals surface area contributed by atoms with Gasteiger partial charge in [0.25, 0.3) is 0 Å². The van der Waals surface area contributed by atoms with E-state index in [1.807, 2.05) is 19.1 Å². The summed E-state index contributed by atoms with van der Waals surface area (Å²) >= 11 is 0. The first kappa shape index (κ1) is 12.9. The molecule has 0 bridgehead atoms. The third kappa shape index (κ3) is 2.85. The highest BCUT2D eigenvalue weighted by atomic mass is 16.6. The van der Waals surface area contributed by atoms with Crippen molar-refractivity contribution in [3.8, 4) is 11.8 Å². The Hall–Kier alpha value is -2.50. The molecule has 2 N–H and O–H groups in total. The second kappa shape index (κ2) is 5.43. The SMILES string of the molecule is CCOC(=O)c1coc(Oc2c(C)cccc2N)n1. The van der Waals surface area contributed by atoms with E-state index in [0.29, 0.717) is 11.4 Å². The summed E-state index contributed by atoms with van der Waals surface area (Å²) < 4.78 is 15.3. The summed E-state index contributed by atoms with van der Waals surface area (Å²) in [5, 5.41) is 0. The van der Waals surface area contributed by atoms with E-state index < -0.39 is 5.97 Å². The standard InChI is InChI=1S/C13H14N2O4/c1-3-17-12(16)10-7-18-13(15-10)19-11-8(2)5-4-6-9(11)14/h4-7H,3,14H2,1-2H3. The molecule has 2 aromatic rings. The number of carbonyl (C=O) groups is 1. The van der Waals surface area contributed by atoms with Gasteiger partial charge in [-0.05, 0) is 25.5 Å². The number of anilines is 1. The molecule has 0 spiro atoms. The molecule has 19 heavy (non-hydrogen) atoms. The number of nitrogen functional groups attached to an aromatic ring is 1. The number of aryl methyl sites for hydroxylation is 1. The van der Waals surface area contributed by atoms with Crippen molar-refractivity contribution in [3.63, 3.8) is 0 Å². The van der Waals surface area contributed by atoms with Crippen LogP contribution in [0.1, 0.15) is 23.0 Å². The Bertz CT molecular complexity index is 572. The number of para-hydroxylation sites is 1. The molecule has 0 aliphatic rings. The van der Waals surface area contributed by atoms with Gasteiger partial charge in [0.1, 0.15) is 6.26 Å². The molecular weight excluding hydrogens is 248 g/mol. The van der Waals surface area contributed by atoms with Crippen molar-refractivity contribution < 1.29 is 18.7 Å². The number of nitrogens with two attached hydrogens (primary N) is 1. The summed E-state index contributed by atoms with van der Waals surface area (Å²) in [5.74, 6) is -0.0985. The van der Waals surface area contributed by atoms with Gasteiger partial charge in [0, 0.05) is 0 Å². The smallest absolute Gasteiger partial charge is 0.400 e. The maximum Gasteiger partial charge on any atom is 0.400 e. The zero-order valence-electron chi connectivity index (χ0n) is 10.7. The first-order valence-corrected chi connectivity index (χ1v) is 5.77. The second-order valence-electron chi connectivity index (χ2n) is 3.81. The third-order valence-electron chi connectivity index (χ3n) is 2.40. The minimum Gasteiger partial charge on any atom is -0.461 e. The summed E-state index contributed by atoms with van der Waals surface area (Å²) in [4.78, 5) is 15.3. The lowest BCUT2D eigenvalue weighted by Crippen LogP contribution is -2.04. The van der Waals surface area contributed by atoms with Gasteiger partial charge < -0.3 is 19.6 Å². The van der Waals surface area contributed by atoms with Crippen LogP contribution in [0.2, 0.25) is 0 Å². The number of carbonyl (C=O) groups excluding carboxylic acids is 1. The minimum absolute atomic E-state index is 0.0518. The average Bonchev–Trinajstić information content (AvgIpc) is 2.83. The van der Waals surface area contributed by atoms with Gasteiger partial charge in [-0.25, -0.2) is 4.79 Å². The molecule has 0 saturated heterocycles. The molecule has 0 unspecified atom stereocenters. The third-order valence-corrected chi connectivity index (χ3v) is 2.40. The molecule has 0 amide bonds. The van der Waals surface area contributed by atoms with Crippen LogP contribution in [0.3, 0.4) is 0 Å². The van der Waals surface area contributed by atoms with Crippen LogP contribution in [0.25, 0.3) is 0 Å². The van der Waals surface area contributed by atoms with Gasteiger partial charge in [-0.15, -0.1) is 0 Å². The van der Waals surface area contributed by atoms with Crippen molar-refractivity contribution >= 4 is 11.7 Å². The van der Waals surface area contributed by atoms with Gasteiger partial charge in [-0.2, -0.15) is 4.98 Å². The van der Waals surface area contributed by atoms with Crippen molar-refractivity contribution in [1.29, 1.82) is 0 Å². The number of aromatic nitrogens is 1. The lowest BCUT2D eigenvalue weighted by Gasteiger charge is -2.07. The fourth-order valence-corrected chi connectivity index (χ4v) is 1.50. The van der Waals surface area contributed by atoms with Gasteiger partial charge in [-0.3, -0.25) is 0 Å². The van der Waals surface area contributed by atoms with E-state index in [1.54, 1.807) is 13.0 Å². The fourth-order valence-electron chi connectivity index (χ4n) is 1.50. The number of hydrogen-bond acceptors (Lipinski definition) is 6. The number of ether oxygens (including phenoxy) is 2. The van der Waals surface area contributed by atoms with Crippen LogP contribution in [0, 0.1) is 6.92 Å². The molecule has 0 saturated carbocycles. The van der Waals surface area contributed by atoms with E-state index in [-0.39, 0.29) is 18.4 Å². The molecule has 6 nitrogen and oxygen atoms in total. The van der Waals surface area contributed by atoms with Crippen LogP contribution in [0.15, 0.2) is 28.9 Å². The average molecular weight is 262 g/mol. The van der Waals surface area contributed by atoms with E-state index in [9.17, 15) is 4.79 Å². The lowest BCUT2D eigenvalue weighted by atomic mass is 10.2. The highest BCUT2D eigenvalue weighted by Crippen LogP contribution is 2.30. The summed E-state index contributed by atoms with van der Waals surface area (Å²) in [6.07, 6.45) is 1.13. The minimum atomic E-state index is -0.557. The highest BCUT2D eigenvalue weighted by Gasteiger charge is 2.15. The van der Waals surface area contributed by atoms with Crippen LogP contribution in [-0.4, -0.2) is 17.6 Å². The van der Waals surface area contributed by atoms with Gasteiger partial charge in [0.2, 0.25) is 0 Å². The Morgan fingerprint density at radius 2 is 2.26 bits per heavy atom. The number of benzene rings is 1. The van der Waals surface area contributed by atoms with E-state index in [1.165, 1.54) is 6.26 Å². The predicted octanol–water partition coefficient (Wildman–Crippen LogP) is 2.53. The maximum absolute atomic E-state index is 11.4. The van der Waals surface area contributed by atoms with Gasteiger partial charge in [-0.1, -0.05) is 12.1 Å². The number of oxazole rings is 1. The maximum atomic E-state index is 11.4. The topological polar surface area (TPSA) is 87.6 Å². The van der Waals surface area contributed by atoms with E-state index in [4.69, 9.17) is 19.6 Å². The number of nitrogens with zero attached hydrogens (tertiary/aromatic N) is 1.